The highest BCUT2D eigenvalue weighted by atomic mass is 16.4. The fraction of sp³-hybridized carbons (Fsp3) is 0.333. The van der Waals surface area contributed by atoms with Crippen LogP contribution in [0.5, 0.6) is 0 Å². The van der Waals surface area contributed by atoms with Crippen LogP contribution in [-0.4, -0.2) is 44.3 Å². The lowest BCUT2D eigenvalue weighted by atomic mass is 9.87. The molecule has 0 amide bonds. The maximum atomic E-state index is 11.1. The molecule has 0 spiro atoms. The maximum absolute atomic E-state index is 11.1. The number of carboxylic acid groups (broad SMARTS) is 4. The molecule has 136 valence electrons. The van der Waals surface area contributed by atoms with Crippen molar-refractivity contribution in [1.82, 2.24) is 0 Å². The number of nitrogens with two attached hydrogens (primary N) is 2. The Bertz CT molecular complexity index is 742. The van der Waals surface area contributed by atoms with E-state index in [2.05, 4.69) is 0 Å². The zero-order chi connectivity index (χ0) is 19.3. The average Bonchev–Trinajstić information content (AvgIpc) is 2.46. The van der Waals surface area contributed by atoms with Crippen molar-refractivity contribution < 1.29 is 39.6 Å². The van der Waals surface area contributed by atoms with E-state index < -0.39 is 43.1 Å². The minimum absolute atomic E-state index is 0.0108. The summed E-state index contributed by atoms with van der Waals surface area (Å²) < 4.78 is 0. The lowest BCUT2D eigenvalue weighted by Crippen LogP contribution is -2.19. The molecule has 1 aromatic carbocycles. The fourth-order valence-corrected chi connectivity index (χ4v) is 2.59. The SMILES string of the molecule is Nc1c(CCC(=O)O)c(CC(=O)O)c(N)c(CC(=O)O)c1CC(=O)O. The molecule has 10 nitrogen and oxygen atoms in total. The highest BCUT2D eigenvalue weighted by Gasteiger charge is 2.25. The highest BCUT2D eigenvalue weighted by molar-refractivity contribution is 5.86. The van der Waals surface area contributed by atoms with E-state index in [1.165, 1.54) is 0 Å². The molecule has 0 aliphatic heterocycles. The lowest BCUT2D eigenvalue weighted by molar-refractivity contribution is -0.137. The zero-order valence-electron chi connectivity index (χ0n) is 13.1. The summed E-state index contributed by atoms with van der Waals surface area (Å²) in [7, 11) is 0. The average molecular weight is 354 g/mol. The molecule has 0 atom stereocenters. The van der Waals surface area contributed by atoms with Crippen molar-refractivity contribution in [3.05, 3.63) is 22.3 Å². The minimum Gasteiger partial charge on any atom is -0.481 e. The monoisotopic (exact) mass is 354 g/mol. The van der Waals surface area contributed by atoms with Crippen LogP contribution in [0, 0.1) is 0 Å². The second kappa shape index (κ2) is 7.99. The third kappa shape index (κ3) is 5.09. The summed E-state index contributed by atoms with van der Waals surface area (Å²) in [6.07, 6.45) is -2.38. The summed E-state index contributed by atoms with van der Waals surface area (Å²) >= 11 is 0. The molecular weight excluding hydrogens is 336 g/mol. The molecule has 1 rings (SSSR count). The van der Waals surface area contributed by atoms with Gasteiger partial charge in [0.1, 0.15) is 0 Å². The topological polar surface area (TPSA) is 201 Å². The van der Waals surface area contributed by atoms with Crippen molar-refractivity contribution in [2.24, 2.45) is 0 Å². The minimum atomic E-state index is -1.29. The van der Waals surface area contributed by atoms with Crippen LogP contribution in [0.2, 0.25) is 0 Å². The van der Waals surface area contributed by atoms with Crippen LogP contribution in [0.4, 0.5) is 11.4 Å². The Morgan fingerprint density at radius 3 is 1.24 bits per heavy atom. The number of hydrogen-bond acceptors (Lipinski definition) is 6. The van der Waals surface area contributed by atoms with Gasteiger partial charge in [-0.2, -0.15) is 0 Å². The molecule has 0 saturated heterocycles. The fourth-order valence-electron chi connectivity index (χ4n) is 2.59. The maximum Gasteiger partial charge on any atom is 0.307 e. The normalized spacial score (nSPS) is 10.4. The molecule has 0 radical (unpaired) electrons. The first kappa shape index (κ1) is 19.7. The Morgan fingerprint density at radius 1 is 0.600 bits per heavy atom. The van der Waals surface area contributed by atoms with Crippen LogP contribution in [0.25, 0.3) is 0 Å². The van der Waals surface area contributed by atoms with E-state index in [-0.39, 0.29) is 46.5 Å². The summed E-state index contributed by atoms with van der Waals surface area (Å²) in [4.78, 5) is 44.1. The van der Waals surface area contributed by atoms with Gasteiger partial charge in [-0.1, -0.05) is 0 Å². The number of carboxylic acids is 4. The van der Waals surface area contributed by atoms with Crippen LogP contribution in [0.15, 0.2) is 0 Å². The van der Waals surface area contributed by atoms with E-state index in [1.807, 2.05) is 0 Å². The molecule has 10 heteroatoms. The van der Waals surface area contributed by atoms with E-state index in [1.54, 1.807) is 0 Å². The first-order valence-corrected chi connectivity index (χ1v) is 7.12. The van der Waals surface area contributed by atoms with Crippen LogP contribution in [-0.2, 0) is 44.9 Å². The zero-order valence-corrected chi connectivity index (χ0v) is 13.1. The number of benzene rings is 1. The van der Waals surface area contributed by atoms with Crippen molar-refractivity contribution in [3.63, 3.8) is 0 Å². The first-order chi connectivity index (χ1) is 11.5. The molecule has 0 aliphatic rings. The van der Waals surface area contributed by atoms with Crippen molar-refractivity contribution in [2.45, 2.75) is 32.1 Å². The van der Waals surface area contributed by atoms with Crippen LogP contribution >= 0.6 is 0 Å². The third-order valence-corrected chi connectivity index (χ3v) is 3.60. The molecule has 0 fully saturated rings. The van der Waals surface area contributed by atoms with E-state index in [9.17, 15) is 19.2 Å². The number of rotatable bonds is 9. The van der Waals surface area contributed by atoms with Crippen molar-refractivity contribution >= 4 is 35.3 Å². The molecular formula is C15H18N2O8. The Labute approximate surface area is 141 Å². The van der Waals surface area contributed by atoms with Gasteiger partial charge in [-0.25, -0.2) is 0 Å². The summed E-state index contributed by atoms with van der Waals surface area (Å²) in [5, 5.41) is 35.9. The van der Waals surface area contributed by atoms with E-state index in [4.69, 9.17) is 31.9 Å². The molecule has 25 heavy (non-hydrogen) atoms. The van der Waals surface area contributed by atoms with Crippen LogP contribution < -0.4 is 11.5 Å². The van der Waals surface area contributed by atoms with Crippen LogP contribution in [0.3, 0.4) is 0 Å². The highest BCUT2D eigenvalue weighted by Crippen LogP contribution is 2.35. The molecule has 0 heterocycles. The van der Waals surface area contributed by atoms with Gasteiger partial charge in [-0.05, 0) is 28.7 Å². The summed E-state index contributed by atoms with van der Waals surface area (Å²) in [6.45, 7) is 0. The number of hydrogen-bond donors (Lipinski definition) is 6. The van der Waals surface area contributed by atoms with Gasteiger partial charge in [0.05, 0.1) is 19.3 Å². The van der Waals surface area contributed by atoms with Gasteiger partial charge < -0.3 is 31.9 Å². The van der Waals surface area contributed by atoms with E-state index in [0.717, 1.165) is 0 Å². The van der Waals surface area contributed by atoms with Crippen molar-refractivity contribution in [1.29, 1.82) is 0 Å². The molecule has 0 aliphatic carbocycles. The Balaban J connectivity index is 3.69. The van der Waals surface area contributed by atoms with Gasteiger partial charge in [0.25, 0.3) is 0 Å². The van der Waals surface area contributed by atoms with Crippen molar-refractivity contribution in [3.8, 4) is 0 Å². The molecule has 0 aromatic heterocycles. The van der Waals surface area contributed by atoms with Gasteiger partial charge in [0.15, 0.2) is 0 Å². The van der Waals surface area contributed by atoms with Crippen molar-refractivity contribution in [2.75, 3.05) is 11.5 Å². The van der Waals surface area contributed by atoms with Gasteiger partial charge in [-0.15, -0.1) is 0 Å². The smallest absolute Gasteiger partial charge is 0.307 e. The lowest BCUT2D eigenvalue weighted by Gasteiger charge is -2.21. The molecule has 8 N–H and O–H groups in total. The number of nitrogen functional groups attached to an aromatic ring is 2. The molecule has 0 bridgehead atoms. The summed E-state index contributed by atoms with van der Waals surface area (Å²) in [5.74, 6) is -5.01. The molecule has 1 aromatic rings. The van der Waals surface area contributed by atoms with Gasteiger partial charge in [0, 0.05) is 17.8 Å². The second-order valence-corrected chi connectivity index (χ2v) is 5.35. The third-order valence-electron chi connectivity index (χ3n) is 3.60. The van der Waals surface area contributed by atoms with Gasteiger partial charge >= 0.3 is 23.9 Å². The molecule has 0 unspecified atom stereocenters. The second-order valence-electron chi connectivity index (χ2n) is 5.35. The predicted octanol–water partition coefficient (Wildman–Crippen LogP) is -0.250. The van der Waals surface area contributed by atoms with E-state index in [0.29, 0.717) is 0 Å². The van der Waals surface area contributed by atoms with Gasteiger partial charge in [0.2, 0.25) is 0 Å². The van der Waals surface area contributed by atoms with Crippen LogP contribution in [0.1, 0.15) is 28.7 Å². The summed E-state index contributed by atoms with van der Waals surface area (Å²) in [6, 6.07) is 0. The predicted molar refractivity (Wildman–Crippen MR) is 85.2 cm³/mol. The quantitative estimate of drug-likeness (QED) is 0.321. The number of aliphatic carboxylic acids is 4. The number of anilines is 2. The Morgan fingerprint density at radius 2 is 0.920 bits per heavy atom. The first-order valence-electron chi connectivity index (χ1n) is 7.12. The summed E-state index contributed by atoms with van der Waals surface area (Å²) in [5.41, 5.74) is 11.6. The van der Waals surface area contributed by atoms with Gasteiger partial charge in [-0.3, -0.25) is 19.2 Å². The Hall–Kier alpha value is -3.30. The standard InChI is InChI=1S/C15H18N2O8/c16-14-6(1-2-10(18)19)7(3-11(20)21)15(17)9(5-13(24)25)8(14)4-12(22)23/h1-5,16-17H2,(H,18,19)(H,20,21)(H,22,23)(H,24,25). The van der Waals surface area contributed by atoms with E-state index >= 15 is 0 Å². The Kier molecular flexibility index (Phi) is 6.31. The largest absolute Gasteiger partial charge is 0.481 e. The number of carbonyl (C=O) groups is 4. The molecule has 0 saturated carbocycles.